The van der Waals surface area contributed by atoms with Crippen LogP contribution in [0.4, 0.5) is 13.2 Å². The molecule has 0 aliphatic carbocycles. The molecule has 1 heterocycles. The fourth-order valence-corrected chi connectivity index (χ4v) is 1.23. The summed E-state index contributed by atoms with van der Waals surface area (Å²) in [5, 5.41) is 7.22. The van der Waals surface area contributed by atoms with E-state index in [1.165, 1.54) is 17.9 Å². The zero-order valence-electron chi connectivity index (χ0n) is 9.81. The molecule has 0 bridgehead atoms. The molecule has 0 spiro atoms. The van der Waals surface area contributed by atoms with E-state index in [0.717, 1.165) is 4.90 Å². The van der Waals surface area contributed by atoms with Crippen LogP contribution in [-0.4, -0.2) is 52.1 Å². The van der Waals surface area contributed by atoms with E-state index in [1.807, 2.05) is 0 Å². The number of hydrogen-bond acceptors (Lipinski definition) is 4. The van der Waals surface area contributed by atoms with Crippen molar-refractivity contribution in [1.29, 1.82) is 0 Å². The molecule has 0 atom stereocenters. The highest BCUT2D eigenvalue weighted by Crippen LogP contribution is 2.19. The van der Waals surface area contributed by atoms with E-state index in [2.05, 4.69) is 10.3 Å². The van der Waals surface area contributed by atoms with Crippen molar-refractivity contribution >= 4 is 5.91 Å². The quantitative estimate of drug-likeness (QED) is 0.828. The molecule has 1 aromatic heterocycles. The Labute approximate surface area is 102 Å². The summed E-state index contributed by atoms with van der Waals surface area (Å²) in [5.74, 6) is -0.595. The minimum atomic E-state index is -4.29. The lowest BCUT2D eigenvalue weighted by Gasteiger charge is -2.16. The number of amides is 1. The van der Waals surface area contributed by atoms with E-state index in [0.29, 0.717) is 13.1 Å². The Morgan fingerprint density at radius 1 is 1.56 bits per heavy atom. The lowest BCUT2D eigenvalue weighted by molar-refractivity contribution is -0.136. The summed E-state index contributed by atoms with van der Waals surface area (Å²) in [6.07, 6.45) is -3.98. The summed E-state index contributed by atoms with van der Waals surface area (Å²) in [6, 6.07) is 0. The Bertz CT molecular complexity index is 403. The Morgan fingerprint density at radius 2 is 2.22 bits per heavy atom. The van der Waals surface area contributed by atoms with E-state index in [1.54, 1.807) is 0 Å². The molecule has 2 N–H and O–H groups in total. The van der Waals surface area contributed by atoms with Gasteiger partial charge in [0.15, 0.2) is 5.69 Å². The number of nitrogens with two attached hydrogens (primary N) is 1. The number of hydrogen-bond donors (Lipinski definition) is 1. The van der Waals surface area contributed by atoms with Crippen molar-refractivity contribution in [1.82, 2.24) is 19.9 Å². The fraction of sp³-hybridized carbons (Fsp3) is 0.667. The molecule has 102 valence electrons. The zero-order valence-corrected chi connectivity index (χ0v) is 9.81. The van der Waals surface area contributed by atoms with E-state index >= 15 is 0 Å². The van der Waals surface area contributed by atoms with Gasteiger partial charge in [0.25, 0.3) is 5.91 Å². The molecular weight excluding hydrogens is 251 g/mol. The van der Waals surface area contributed by atoms with Crippen molar-refractivity contribution in [3.05, 3.63) is 11.9 Å². The monoisotopic (exact) mass is 265 g/mol. The summed E-state index contributed by atoms with van der Waals surface area (Å²) >= 11 is 0. The normalized spacial score (nSPS) is 11.6. The zero-order chi connectivity index (χ0) is 13.8. The minimum absolute atomic E-state index is 0.00752. The first-order valence-corrected chi connectivity index (χ1v) is 5.26. The van der Waals surface area contributed by atoms with Crippen molar-refractivity contribution < 1.29 is 18.0 Å². The summed E-state index contributed by atoms with van der Waals surface area (Å²) in [5.41, 5.74) is 5.30. The van der Waals surface area contributed by atoms with Crippen molar-refractivity contribution in [2.75, 3.05) is 20.1 Å². The van der Waals surface area contributed by atoms with Gasteiger partial charge in [-0.05, 0) is 0 Å². The molecule has 18 heavy (non-hydrogen) atoms. The van der Waals surface area contributed by atoms with Gasteiger partial charge in [-0.15, -0.1) is 5.10 Å². The van der Waals surface area contributed by atoms with Crippen LogP contribution < -0.4 is 5.73 Å². The number of rotatable bonds is 5. The predicted molar refractivity (Wildman–Crippen MR) is 56.7 cm³/mol. The molecule has 0 radical (unpaired) electrons. The van der Waals surface area contributed by atoms with Crippen molar-refractivity contribution in [3.8, 4) is 0 Å². The number of aromatic nitrogens is 3. The molecule has 1 rings (SSSR count). The maximum absolute atomic E-state index is 12.0. The van der Waals surface area contributed by atoms with E-state index < -0.39 is 25.0 Å². The number of carbonyl (C=O) groups is 1. The Balaban J connectivity index is 2.57. The van der Waals surface area contributed by atoms with Gasteiger partial charge in [0.05, 0.1) is 19.2 Å². The Hall–Kier alpha value is -1.64. The van der Waals surface area contributed by atoms with Crippen LogP contribution in [0, 0.1) is 0 Å². The lowest BCUT2D eigenvalue weighted by atomic mass is 10.3. The van der Waals surface area contributed by atoms with Crippen LogP contribution in [0.1, 0.15) is 16.9 Å². The highest BCUT2D eigenvalue weighted by Gasteiger charge is 2.28. The molecule has 1 aromatic rings. The third kappa shape index (κ3) is 4.32. The maximum atomic E-state index is 12.0. The molecule has 0 aliphatic heterocycles. The van der Waals surface area contributed by atoms with Gasteiger partial charge in [0.2, 0.25) is 0 Å². The van der Waals surface area contributed by atoms with Crippen molar-refractivity contribution in [2.24, 2.45) is 5.73 Å². The van der Waals surface area contributed by atoms with Crippen molar-refractivity contribution in [3.63, 3.8) is 0 Å². The van der Waals surface area contributed by atoms with Gasteiger partial charge in [0, 0.05) is 20.1 Å². The minimum Gasteiger partial charge on any atom is -0.340 e. The number of carbonyl (C=O) groups excluding carboxylic acids is 1. The second kappa shape index (κ2) is 5.80. The van der Waals surface area contributed by atoms with Crippen LogP contribution in [0.25, 0.3) is 0 Å². The van der Waals surface area contributed by atoms with Crippen LogP contribution >= 0.6 is 0 Å². The third-order valence-corrected chi connectivity index (χ3v) is 2.19. The maximum Gasteiger partial charge on any atom is 0.390 e. The summed E-state index contributed by atoms with van der Waals surface area (Å²) < 4.78 is 37.4. The molecule has 1 amide bonds. The van der Waals surface area contributed by atoms with Crippen LogP contribution in [0.2, 0.25) is 0 Å². The van der Waals surface area contributed by atoms with Gasteiger partial charge in [-0.2, -0.15) is 13.2 Å². The molecule has 0 unspecified atom stereocenters. The predicted octanol–water partition coefficient (Wildman–Crippen LogP) is 0.261. The van der Waals surface area contributed by atoms with Crippen molar-refractivity contribution in [2.45, 2.75) is 19.1 Å². The van der Waals surface area contributed by atoms with Crippen LogP contribution in [0.5, 0.6) is 0 Å². The summed E-state index contributed by atoms with van der Waals surface area (Å²) in [6.45, 7) is 0.319. The molecule has 0 fully saturated rings. The Morgan fingerprint density at radius 3 is 2.78 bits per heavy atom. The van der Waals surface area contributed by atoms with Crippen LogP contribution in [0.15, 0.2) is 6.20 Å². The lowest BCUT2D eigenvalue weighted by Crippen LogP contribution is -2.30. The van der Waals surface area contributed by atoms with E-state index in [-0.39, 0.29) is 5.69 Å². The molecule has 6 nitrogen and oxygen atoms in total. The summed E-state index contributed by atoms with van der Waals surface area (Å²) in [7, 11) is 1.29. The van der Waals surface area contributed by atoms with Gasteiger partial charge in [0.1, 0.15) is 0 Å². The van der Waals surface area contributed by atoms with Crippen LogP contribution in [-0.2, 0) is 6.54 Å². The van der Waals surface area contributed by atoms with E-state index in [4.69, 9.17) is 5.73 Å². The third-order valence-electron chi connectivity index (χ3n) is 2.19. The second-order valence-electron chi connectivity index (χ2n) is 3.75. The average molecular weight is 265 g/mol. The Kier molecular flexibility index (Phi) is 4.65. The molecule has 9 heteroatoms. The molecule has 0 saturated heterocycles. The SMILES string of the molecule is CN(CCC(F)(F)F)C(=O)c1cn(CCN)nn1. The second-order valence-corrected chi connectivity index (χ2v) is 3.75. The highest BCUT2D eigenvalue weighted by atomic mass is 19.4. The van der Waals surface area contributed by atoms with Crippen LogP contribution in [0.3, 0.4) is 0 Å². The first-order valence-electron chi connectivity index (χ1n) is 5.26. The average Bonchev–Trinajstić information content (AvgIpc) is 2.73. The number of halogens is 3. The smallest absolute Gasteiger partial charge is 0.340 e. The number of alkyl halides is 3. The first kappa shape index (κ1) is 14.4. The standard InChI is InChI=1S/C9H14F3N5O/c1-16(4-2-9(10,11)12)8(18)7-6-17(5-3-13)15-14-7/h6H,2-5,13H2,1H3. The topological polar surface area (TPSA) is 77.0 Å². The molecule has 0 aromatic carbocycles. The van der Waals surface area contributed by atoms with Gasteiger partial charge in [-0.3, -0.25) is 9.48 Å². The van der Waals surface area contributed by atoms with Gasteiger partial charge in [-0.25, -0.2) is 0 Å². The first-order chi connectivity index (χ1) is 8.33. The molecule has 0 saturated carbocycles. The number of nitrogens with zero attached hydrogens (tertiary/aromatic N) is 4. The van der Waals surface area contributed by atoms with Gasteiger partial charge >= 0.3 is 6.18 Å². The summed E-state index contributed by atoms with van der Waals surface area (Å²) in [4.78, 5) is 12.7. The fourth-order valence-electron chi connectivity index (χ4n) is 1.23. The van der Waals surface area contributed by atoms with Gasteiger partial charge < -0.3 is 10.6 Å². The van der Waals surface area contributed by atoms with E-state index in [9.17, 15) is 18.0 Å². The molecular formula is C9H14F3N5O. The largest absolute Gasteiger partial charge is 0.390 e. The highest BCUT2D eigenvalue weighted by molar-refractivity contribution is 5.91. The van der Waals surface area contributed by atoms with Gasteiger partial charge in [-0.1, -0.05) is 5.21 Å². The molecule has 0 aliphatic rings.